The fourth-order valence-electron chi connectivity index (χ4n) is 2.64. The van der Waals surface area contributed by atoms with E-state index in [1.54, 1.807) is 26.8 Å². The lowest BCUT2D eigenvalue weighted by Crippen LogP contribution is -2.41. The number of hydrogen-bond donors (Lipinski definition) is 1. The molecule has 2 rings (SSSR count). The van der Waals surface area contributed by atoms with Crippen LogP contribution in [-0.2, 0) is 14.6 Å². The monoisotopic (exact) mass is 370 g/mol. The van der Waals surface area contributed by atoms with Crippen LogP contribution in [-0.4, -0.2) is 57.3 Å². The smallest absolute Gasteiger partial charge is 0.325 e. The van der Waals surface area contributed by atoms with Crippen LogP contribution in [0.15, 0.2) is 17.0 Å². The summed E-state index contributed by atoms with van der Waals surface area (Å²) in [7, 11) is -0.851. The van der Waals surface area contributed by atoms with Crippen LogP contribution in [0.3, 0.4) is 0 Å². The number of nitrogens with zero attached hydrogens (tertiary/aromatic N) is 1. The summed E-state index contributed by atoms with van der Waals surface area (Å²) in [6, 6.07) is 2.37. The molecule has 1 fully saturated rings. The highest BCUT2D eigenvalue weighted by atomic mass is 32.2. The van der Waals surface area contributed by atoms with E-state index in [2.05, 4.69) is 5.32 Å². The Balaban J connectivity index is 2.26. The minimum Gasteiger partial charge on any atom is -0.493 e. The van der Waals surface area contributed by atoms with E-state index in [1.165, 1.54) is 20.3 Å². The number of urea groups is 1. The van der Waals surface area contributed by atoms with Gasteiger partial charge in [-0.15, -0.1) is 0 Å². The number of imide groups is 1. The number of sulfone groups is 1. The number of nitrogens with one attached hydrogen (secondary N) is 1. The molecule has 0 radical (unpaired) electrons. The first-order valence-corrected chi connectivity index (χ1v) is 9.28. The molecule has 0 saturated carbocycles. The fraction of sp³-hybridized carbons (Fsp3) is 0.500. The molecule has 1 saturated heterocycles. The maximum atomic E-state index is 12.7. The Bertz CT molecular complexity index is 816. The Morgan fingerprint density at radius 1 is 1.12 bits per heavy atom. The molecule has 8 nitrogen and oxygen atoms in total. The van der Waals surface area contributed by atoms with Crippen LogP contribution >= 0.6 is 0 Å². The molecule has 0 spiro atoms. The number of benzene rings is 1. The van der Waals surface area contributed by atoms with Crippen LogP contribution in [0.1, 0.15) is 19.4 Å². The van der Waals surface area contributed by atoms with Gasteiger partial charge in [-0.05, 0) is 32.4 Å². The summed E-state index contributed by atoms with van der Waals surface area (Å²) < 4.78 is 35.7. The van der Waals surface area contributed by atoms with Crippen LogP contribution in [0.4, 0.5) is 4.79 Å². The number of methoxy groups -OCH3 is 2. The molecule has 9 heteroatoms. The molecule has 0 atom stereocenters. The zero-order valence-corrected chi connectivity index (χ0v) is 15.7. The van der Waals surface area contributed by atoms with Crippen molar-refractivity contribution in [2.75, 3.05) is 26.5 Å². The van der Waals surface area contributed by atoms with E-state index in [1.807, 2.05) is 0 Å². The summed E-state index contributed by atoms with van der Waals surface area (Å²) in [6.45, 7) is 4.57. The van der Waals surface area contributed by atoms with Gasteiger partial charge in [-0.3, -0.25) is 9.69 Å². The number of hydrogen-bond acceptors (Lipinski definition) is 6. The maximum absolute atomic E-state index is 12.7. The topological polar surface area (TPSA) is 102 Å². The summed E-state index contributed by atoms with van der Waals surface area (Å²) in [5, 5.41) is 2.52. The van der Waals surface area contributed by atoms with Crippen LogP contribution in [0.5, 0.6) is 11.5 Å². The lowest BCUT2D eigenvalue weighted by Gasteiger charge is -2.17. The molecule has 138 valence electrons. The summed E-state index contributed by atoms with van der Waals surface area (Å²) in [4.78, 5) is 25.0. The van der Waals surface area contributed by atoms with E-state index >= 15 is 0 Å². The Morgan fingerprint density at radius 3 is 2.16 bits per heavy atom. The summed E-state index contributed by atoms with van der Waals surface area (Å²) in [5.74, 6) is -0.104. The van der Waals surface area contributed by atoms with Gasteiger partial charge in [-0.2, -0.15) is 0 Å². The van der Waals surface area contributed by atoms with Crippen molar-refractivity contribution in [1.82, 2.24) is 10.2 Å². The molecule has 0 aliphatic carbocycles. The summed E-state index contributed by atoms with van der Waals surface area (Å²) >= 11 is 0. The van der Waals surface area contributed by atoms with Gasteiger partial charge in [0.25, 0.3) is 5.91 Å². The van der Waals surface area contributed by atoms with Crippen LogP contribution in [0.2, 0.25) is 0 Å². The van der Waals surface area contributed by atoms with Gasteiger partial charge in [0.1, 0.15) is 5.54 Å². The average Bonchev–Trinajstić information content (AvgIpc) is 2.72. The minimum absolute atomic E-state index is 0.0801. The van der Waals surface area contributed by atoms with Crippen LogP contribution in [0.25, 0.3) is 0 Å². The van der Waals surface area contributed by atoms with E-state index in [0.29, 0.717) is 17.1 Å². The first kappa shape index (κ1) is 19.0. The van der Waals surface area contributed by atoms with Crippen molar-refractivity contribution in [3.63, 3.8) is 0 Å². The normalized spacial score (nSPS) is 16.8. The molecule has 1 aliphatic heterocycles. The third-order valence-electron chi connectivity index (χ3n) is 4.04. The molecule has 1 aromatic carbocycles. The SMILES string of the molecule is COc1cc(C)c(S(=O)(=O)CCN2C(=O)NC(C)(C)C2=O)cc1OC. The Kier molecular flexibility index (Phi) is 4.99. The first-order chi connectivity index (χ1) is 11.5. The number of rotatable bonds is 6. The molecule has 0 bridgehead atoms. The van der Waals surface area contributed by atoms with Gasteiger partial charge >= 0.3 is 6.03 Å². The van der Waals surface area contributed by atoms with Crippen molar-refractivity contribution < 1.29 is 27.5 Å². The van der Waals surface area contributed by atoms with Gasteiger partial charge in [0.15, 0.2) is 21.3 Å². The van der Waals surface area contributed by atoms with E-state index in [9.17, 15) is 18.0 Å². The van der Waals surface area contributed by atoms with E-state index < -0.39 is 27.3 Å². The molecule has 1 heterocycles. The van der Waals surface area contributed by atoms with E-state index in [0.717, 1.165) is 4.90 Å². The van der Waals surface area contributed by atoms with Gasteiger partial charge in [0.05, 0.1) is 24.9 Å². The second-order valence-electron chi connectivity index (χ2n) is 6.30. The Morgan fingerprint density at radius 2 is 1.68 bits per heavy atom. The average molecular weight is 370 g/mol. The second kappa shape index (κ2) is 6.55. The zero-order chi connectivity index (χ0) is 19.0. The predicted molar refractivity (Wildman–Crippen MR) is 90.7 cm³/mol. The standard InChI is InChI=1S/C16H22N2O6S/c1-10-8-11(23-4)12(24-5)9-13(10)25(21,22)7-6-18-14(19)16(2,3)17-15(18)20/h8-9H,6-7H2,1-5H3,(H,17,20). The van der Waals surface area contributed by atoms with Crippen LogP contribution < -0.4 is 14.8 Å². The number of carbonyl (C=O) groups excluding carboxylic acids is 2. The molecule has 1 N–H and O–H groups in total. The third kappa shape index (κ3) is 3.55. The van der Waals surface area contributed by atoms with Gasteiger partial charge in [-0.1, -0.05) is 0 Å². The van der Waals surface area contributed by atoms with E-state index in [4.69, 9.17) is 9.47 Å². The lowest BCUT2D eigenvalue weighted by molar-refractivity contribution is -0.130. The second-order valence-corrected chi connectivity index (χ2v) is 8.38. The predicted octanol–water partition coefficient (Wildman–Crippen LogP) is 1.12. The number of ether oxygens (including phenoxy) is 2. The van der Waals surface area contributed by atoms with Crippen molar-refractivity contribution >= 4 is 21.8 Å². The molecular weight excluding hydrogens is 348 g/mol. The Hall–Kier alpha value is -2.29. The molecule has 1 aromatic rings. The van der Waals surface area contributed by atoms with Crippen molar-refractivity contribution in [2.24, 2.45) is 0 Å². The van der Waals surface area contributed by atoms with Gasteiger partial charge in [0, 0.05) is 12.6 Å². The molecule has 25 heavy (non-hydrogen) atoms. The molecule has 1 aliphatic rings. The third-order valence-corrected chi connectivity index (χ3v) is 5.87. The number of carbonyl (C=O) groups is 2. The summed E-state index contributed by atoms with van der Waals surface area (Å²) in [6.07, 6.45) is 0. The van der Waals surface area contributed by atoms with Gasteiger partial charge < -0.3 is 14.8 Å². The number of aryl methyl sites for hydroxylation is 1. The first-order valence-electron chi connectivity index (χ1n) is 7.63. The van der Waals surface area contributed by atoms with E-state index in [-0.39, 0.29) is 17.2 Å². The minimum atomic E-state index is -3.73. The highest BCUT2D eigenvalue weighted by molar-refractivity contribution is 7.91. The molecule has 0 unspecified atom stereocenters. The van der Waals surface area contributed by atoms with Crippen molar-refractivity contribution in [3.8, 4) is 11.5 Å². The van der Waals surface area contributed by atoms with Crippen molar-refractivity contribution in [1.29, 1.82) is 0 Å². The fourth-order valence-corrected chi connectivity index (χ4v) is 4.12. The quantitative estimate of drug-likeness (QED) is 0.753. The summed E-state index contributed by atoms with van der Waals surface area (Å²) in [5.41, 5.74) is -0.532. The maximum Gasteiger partial charge on any atom is 0.325 e. The highest BCUT2D eigenvalue weighted by Gasteiger charge is 2.44. The van der Waals surface area contributed by atoms with Crippen molar-refractivity contribution in [2.45, 2.75) is 31.2 Å². The zero-order valence-electron chi connectivity index (χ0n) is 14.9. The molecule has 3 amide bonds. The molecule has 0 aromatic heterocycles. The Labute approximate surface area is 147 Å². The van der Waals surface area contributed by atoms with Gasteiger partial charge in [0.2, 0.25) is 0 Å². The van der Waals surface area contributed by atoms with Crippen LogP contribution in [0, 0.1) is 6.92 Å². The van der Waals surface area contributed by atoms with Gasteiger partial charge in [-0.25, -0.2) is 13.2 Å². The number of amides is 3. The highest BCUT2D eigenvalue weighted by Crippen LogP contribution is 2.33. The lowest BCUT2D eigenvalue weighted by atomic mass is 10.1. The largest absolute Gasteiger partial charge is 0.493 e. The molecular formula is C16H22N2O6S. The van der Waals surface area contributed by atoms with Crippen molar-refractivity contribution in [3.05, 3.63) is 17.7 Å².